The largest absolute Gasteiger partial charge is 0.493 e. The van der Waals surface area contributed by atoms with Crippen LogP contribution in [0.3, 0.4) is 0 Å². The van der Waals surface area contributed by atoms with Gasteiger partial charge in [0.1, 0.15) is 11.9 Å². The predicted octanol–water partition coefficient (Wildman–Crippen LogP) is 6.76. The number of sulfonamides is 1. The lowest BCUT2D eigenvalue weighted by molar-refractivity contribution is -0.0515. The van der Waals surface area contributed by atoms with Crippen LogP contribution in [0, 0.1) is 11.8 Å². The summed E-state index contributed by atoms with van der Waals surface area (Å²) in [5.74, 6) is 0.329. The highest BCUT2D eigenvalue weighted by atomic mass is 35.5. The van der Waals surface area contributed by atoms with Crippen LogP contribution in [0.2, 0.25) is 10.0 Å². The first-order chi connectivity index (χ1) is 21.4. The maximum absolute atomic E-state index is 13.6. The molecular formula is C31H32Cl2F2N2O7S. The molecule has 5 rings (SSSR count). The predicted molar refractivity (Wildman–Crippen MR) is 164 cm³/mol. The third kappa shape index (κ3) is 9.90. The fourth-order valence-electron chi connectivity index (χ4n) is 4.43. The average molecular weight is 686 g/mol. The number of carbonyl (C=O) groups is 1. The first-order valence-corrected chi connectivity index (χ1v) is 17.0. The number of nitrogens with one attached hydrogen (secondary N) is 1. The molecule has 1 aromatic heterocycles. The van der Waals surface area contributed by atoms with E-state index in [0.29, 0.717) is 47.5 Å². The molecule has 1 heterocycles. The topological polar surface area (TPSA) is 113 Å². The zero-order valence-electron chi connectivity index (χ0n) is 24.3. The molecule has 14 heteroatoms. The third-order valence-electron chi connectivity index (χ3n) is 7.32. The van der Waals surface area contributed by atoms with Crippen LogP contribution < -0.4 is 18.9 Å². The average Bonchev–Trinajstić information content (AvgIpc) is 3.91. The summed E-state index contributed by atoms with van der Waals surface area (Å²) < 4.78 is 74.6. The summed E-state index contributed by atoms with van der Waals surface area (Å²) in [7, 11) is -3.47. The van der Waals surface area contributed by atoms with Crippen molar-refractivity contribution in [3.8, 4) is 17.2 Å². The van der Waals surface area contributed by atoms with Gasteiger partial charge in [0.2, 0.25) is 10.0 Å². The minimum absolute atomic E-state index is 0.0213. The zero-order chi connectivity index (χ0) is 32.1. The number of nitrogens with zero attached hydrogens (tertiary/aromatic N) is 1. The van der Waals surface area contributed by atoms with E-state index in [9.17, 15) is 22.0 Å². The number of aromatic nitrogens is 1. The van der Waals surface area contributed by atoms with Crippen LogP contribution in [0.25, 0.3) is 0 Å². The van der Waals surface area contributed by atoms with Crippen molar-refractivity contribution in [1.82, 2.24) is 9.71 Å². The van der Waals surface area contributed by atoms with E-state index in [0.717, 1.165) is 31.9 Å². The molecular weight excluding hydrogens is 653 g/mol. The SMILES string of the molecule is CS(=O)(=O)NCc1ccc(C(=O)OC(Cc2c(Cl)cncc2Cl)c2ccc(OC(F)F)c(OCC3CC3)c2)cc1OCC1CC1. The number of ether oxygens (including phenoxy) is 4. The third-order valence-corrected chi connectivity index (χ3v) is 8.64. The van der Waals surface area contributed by atoms with Crippen molar-refractivity contribution in [3.05, 3.63) is 81.1 Å². The van der Waals surface area contributed by atoms with E-state index < -0.39 is 28.7 Å². The van der Waals surface area contributed by atoms with Gasteiger partial charge in [-0.3, -0.25) is 4.98 Å². The van der Waals surface area contributed by atoms with Gasteiger partial charge in [0.25, 0.3) is 0 Å². The molecule has 0 spiro atoms. The molecule has 2 aromatic carbocycles. The molecule has 45 heavy (non-hydrogen) atoms. The Morgan fingerprint density at radius 3 is 2.20 bits per heavy atom. The van der Waals surface area contributed by atoms with Crippen LogP contribution in [0.5, 0.6) is 17.2 Å². The highest BCUT2D eigenvalue weighted by Crippen LogP contribution is 2.38. The minimum atomic E-state index is -3.47. The van der Waals surface area contributed by atoms with Gasteiger partial charge in [0, 0.05) is 30.9 Å². The van der Waals surface area contributed by atoms with Gasteiger partial charge < -0.3 is 18.9 Å². The van der Waals surface area contributed by atoms with Crippen molar-refractivity contribution in [2.24, 2.45) is 11.8 Å². The van der Waals surface area contributed by atoms with Crippen LogP contribution in [0.4, 0.5) is 8.78 Å². The van der Waals surface area contributed by atoms with Gasteiger partial charge in [-0.15, -0.1) is 0 Å². The molecule has 3 aromatic rings. The van der Waals surface area contributed by atoms with E-state index in [1.807, 2.05) is 0 Å². The molecule has 242 valence electrons. The Bertz CT molecular complexity index is 1620. The van der Waals surface area contributed by atoms with Crippen molar-refractivity contribution < 1.29 is 40.9 Å². The van der Waals surface area contributed by atoms with Crippen LogP contribution in [0.1, 0.15) is 58.8 Å². The second kappa shape index (κ2) is 14.5. The smallest absolute Gasteiger partial charge is 0.387 e. The molecule has 0 aliphatic heterocycles. The summed E-state index contributed by atoms with van der Waals surface area (Å²) in [6, 6.07) is 8.98. The van der Waals surface area contributed by atoms with Crippen LogP contribution in [-0.4, -0.2) is 45.5 Å². The van der Waals surface area contributed by atoms with Crippen LogP contribution in [-0.2, 0) is 27.7 Å². The van der Waals surface area contributed by atoms with E-state index in [1.54, 1.807) is 6.07 Å². The highest BCUT2D eigenvalue weighted by molar-refractivity contribution is 7.88. The molecule has 0 bridgehead atoms. The first kappa shape index (κ1) is 33.2. The number of hydrogen-bond acceptors (Lipinski definition) is 8. The Morgan fingerprint density at radius 2 is 1.60 bits per heavy atom. The Balaban J connectivity index is 1.45. The summed E-state index contributed by atoms with van der Waals surface area (Å²) in [4.78, 5) is 17.6. The summed E-state index contributed by atoms with van der Waals surface area (Å²) in [5.41, 5.74) is 1.61. The molecule has 2 aliphatic carbocycles. The molecule has 1 atom stereocenters. The summed E-state index contributed by atoms with van der Waals surface area (Å²) in [6.45, 7) is -2.32. The van der Waals surface area contributed by atoms with E-state index in [-0.39, 0.29) is 40.1 Å². The monoisotopic (exact) mass is 684 g/mol. The second-order valence-electron chi connectivity index (χ2n) is 11.2. The van der Waals surface area contributed by atoms with Crippen LogP contribution in [0.15, 0.2) is 48.8 Å². The van der Waals surface area contributed by atoms with E-state index in [4.69, 9.17) is 37.4 Å². The molecule has 2 saturated carbocycles. The number of esters is 1. The summed E-state index contributed by atoms with van der Waals surface area (Å²) >= 11 is 12.8. The van der Waals surface area contributed by atoms with Gasteiger partial charge >= 0.3 is 12.6 Å². The fraction of sp³-hybridized carbons (Fsp3) is 0.419. The van der Waals surface area contributed by atoms with Gasteiger partial charge in [0.05, 0.1) is 35.1 Å². The lowest BCUT2D eigenvalue weighted by Crippen LogP contribution is -2.22. The molecule has 0 radical (unpaired) electrons. The van der Waals surface area contributed by atoms with E-state index >= 15 is 0 Å². The fourth-order valence-corrected chi connectivity index (χ4v) is 5.37. The Morgan fingerprint density at radius 1 is 0.956 bits per heavy atom. The summed E-state index contributed by atoms with van der Waals surface area (Å²) in [6.07, 6.45) is 6.97. The maximum atomic E-state index is 13.6. The first-order valence-electron chi connectivity index (χ1n) is 14.4. The Hall–Kier alpha value is -3.19. The summed E-state index contributed by atoms with van der Waals surface area (Å²) in [5, 5.41) is 0.509. The number of alkyl halides is 2. The molecule has 9 nitrogen and oxygen atoms in total. The van der Waals surface area contributed by atoms with E-state index in [1.165, 1.54) is 42.7 Å². The number of pyridine rings is 1. The van der Waals surface area contributed by atoms with Gasteiger partial charge in [-0.05, 0) is 72.9 Å². The normalized spacial score (nSPS) is 15.5. The number of benzene rings is 2. The van der Waals surface area contributed by atoms with Crippen molar-refractivity contribution >= 4 is 39.2 Å². The lowest BCUT2D eigenvalue weighted by atomic mass is 10.0. The van der Waals surface area contributed by atoms with Crippen molar-refractivity contribution in [2.75, 3.05) is 19.5 Å². The number of halogens is 4. The van der Waals surface area contributed by atoms with Gasteiger partial charge in [-0.1, -0.05) is 35.3 Å². The minimum Gasteiger partial charge on any atom is -0.493 e. The highest BCUT2D eigenvalue weighted by Gasteiger charge is 2.27. The molecule has 0 amide bonds. The lowest BCUT2D eigenvalue weighted by Gasteiger charge is -2.22. The maximum Gasteiger partial charge on any atom is 0.387 e. The number of hydrogen-bond donors (Lipinski definition) is 1. The van der Waals surface area contributed by atoms with Gasteiger partial charge in [-0.2, -0.15) is 8.78 Å². The van der Waals surface area contributed by atoms with Crippen molar-refractivity contribution in [1.29, 1.82) is 0 Å². The zero-order valence-corrected chi connectivity index (χ0v) is 26.6. The molecule has 2 aliphatic rings. The molecule has 1 unspecified atom stereocenters. The number of carbonyl (C=O) groups excluding carboxylic acids is 1. The number of rotatable bonds is 16. The van der Waals surface area contributed by atoms with Gasteiger partial charge in [-0.25, -0.2) is 17.9 Å². The molecule has 1 N–H and O–H groups in total. The quantitative estimate of drug-likeness (QED) is 0.165. The van der Waals surface area contributed by atoms with Crippen molar-refractivity contribution in [2.45, 2.75) is 51.4 Å². The molecule has 0 saturated heterocycles. The van der Waals surface area contributed by atoms with Crippen molar-refractivity contribution in [3.63, 3.8) is 0 Å². The Kier molecular flexibility index (Phi) is 10.7. The van der Waals surface area contributed by atoms with Gasteiger partial charge in [0.15, 0.2) is 11.5 Å². The molecule has 2 fully saturated rings. The van der Waals surface area contributed by atoms with E-state index in [2.05, 4.69) is 14.4 Å². The Labute approximate surface area is 270 Å². The standard InChI is InChI=1S/C31H32Cl2F2N2O7S/c1-45(39,40)37-13-22-7-6-21(11-27(22)41-16-18-2-3-18)30(38)43-28(12-23-24(32)14-36-15-25(23)33)20-8-9-26(44-31(34)35)29(10-20)42-17-19-4-5-19/h6-11,14-15,18-19,28,31,37H,2-5,12-13,16-17H2,1H3. The van der Waals surface area contributed by atoms with Crippen LogP contribution >= 0.6 is 23.2 Å². The second-order valence-corrected chi connectivity index (χ2v) is 13.8.